The van der Waals surface area contributed by atoms with Gasteiger partial charge in [0.15, 0.2) is 0 Å². The molecule has 20 heavy (non-hydrogen) atoms. The molecular formula is C15H22FN3O. The van der Waals surface area contributed by atoms with E-state index in [0.29, 0.717) is 13.0 Å². The Morgan fingerprint density at radius 1 is 1.25 bits per heavy atom. The highest BCUT2D eigenvalue weighted by Gasteiger charge is 2.25. The largest absolute Gasteiger partial charge is 0.340 e. The van der Waals surface area contributed by atoms with Crippen LogP contribution in [0, 0.1) is 11.7 Å². The van der Waals surface area contributed by atoms with Crippen molar-refractivity contribution in [2.24, 2.45) is 11.7 Å². The second-order valence-corrected chi connectivity index (χ2v) is 5.39. The first-order chi connectivity index (χ1) is 9.60. The van der Waals surface area contributed by atoms with Crippen molar-refractivity contribution in [2.45, 2.75) is 6.42 Å². The summed E-state index contributed by atoms with van der Waals surface area (Å²) in [6, 6.07) is 6.27. The van der Waals surface area contributed by atoms with Gasteiger partial charge in [-0.15, -0.1) is 0 Å². The molecule has 0 aromatic heterocycles. The van der Waals surface area contributed by atoms with Crippen LogP contribution in [-0.4, -0.2) is 55.5 Å². The topological polar surface area (TPSA) is 49.6 Å². The summed E-state index contributed by atoms with van der Waals surface area (Å²) in [4.78, 5) is 16.6. The highest BCUT2D eigenvalue weighted by atomic mass is 19.1. The molecule has 1 saturated heterocycles. The Balaban J connectivity index is 1.97. The van der Waals surface area contributed by atoms with Crippen molar-refractivity contribution in [3.05, 3.63) is 35.6 Å². The zero-order chi connectivity index (χ0) is 14.5. The normalized spacial score (nSPS) is 18.1. The van der Waals surface area contributed by atoms with E-state index < -0.39 is 0 Å². The number of likely N-dealkylation sites (N-methyl/N-ethyl adjacent to an activating group) is 1. The summed E-state index contributed by atoms with van der Waals surface area (Å²) in [6.45, 7) is 3.65. The highest BCUT2D eigenvalue weighted by Crippen LogP contribution is 2.13. The fraction of sp³-hybridized carbons (Fsp3) is 0.533. The zero-order valence-electron chi connectivity index (χ0n) is 11.9. The van der Waals surface area contributed by atoms with E-state index in [1.54, 1.807) is 12.1 Å². The molecule has 0 spiro atoms. The monoisotopic (exact) mass is 279 g/mol. The number of amides is 1. The van der Waals surface area contributed by atoms with E-state index in [-0.39, 0.29) is 17.6 Å². The Bertz CT molecular complexity index is 441. The van der Waals surface area contributed by atoms with Gasteiger partial charge in [0.1, 0.15) is 5.82 Å². The quantitative estimate of drug-likeness (QED) is 0.883. The number of nitrogens with zero attached hydrogens (tertiary/aromatic N) is 2. The van der Waals surface area contributed by atoms with Gasteiger partial charge in [0, 0.05) is 32.7 Å². The average molecular weight is 279 g/mol. The number of piperazine rings is 1. The van der Waals surface area contributed by atoms with Gasteiger partial charge in [-0.1, -0.05) is 12.1 Å². The molecule has 5 heteroatoms. The average Bonchev–Trinajstić information content (AvgIpc) is 2.47. The molecule has 1 heterocycles. The summed E-state index contributed by atoms with van der Waals surface area (Å²) in [5.74, 6) is -0.364. The van der Waals surface area contributed by atoms with Gasteiger partial charge in [-0.3, -0.25) is 4.79 Å². The van der Waals surface area contributed by atoms with E-state index in [9.17, 15) is 9.18 Å². The summed E-state index contributed by atoms with van der Waals surface area (Å²) in [7, 11) is 2.06. The predicted molar refractivity (Wildman–Crippen MR) is 76.7 cm³/mol. The van der Waals surface area contributed by atoms with E-state index in [1.165, 1.54) is 12.1 Å². The van der Waals surface area contributed by atoms with Crippen LogP contribution in [0.2, 0.25) is 0 Å². The molecule has 0 saturated carbocycles. The lowest BCUT2D eigenvalue weighted by molar-refractivity contribution is -0.136. The summed E-state index contributed by atoms with van der Waals surface area (Å²) in [5.41, 5.74) is 6.70. The molecule has 0 aliphatic carbocycles. The van der Waals surface area contributed by atoms with E-state index in [1.807, 2.05) is 4.90 Å². The summed E-state index contributed by atoms with van der Waals surface area (Å²) < 4.78 is 12.9. The summed E-state index contributed by atoms with van der Waals surface area (Å²) >= 11 is 0. The number of halogens is 1. The third-order valence-corrected chi connectivity index (χ3v) is 3.84. The number of carbonyl (C=O) groups is 1. The first-order valence-corrected chi connectivity index (χ1v) is 7.02. The van der Waals surface area contributed by atoms with Gasteiger partial charge in [0.05, 0.1) is 5.92 Å². The number of nitrogens with two attached hydrogens (primary N) is 1. The molecule has 1 amide bonds. The highest BCUT2D eigenvalue weighted by molar-refractivity contribution is 5.79. The van der Waals surface area contributed by atoms with Gasteiger partial charge in [0.2, 0.25) is 5.91 Å². The minimum atomic E-state index is -0.261. The van der Waals surface area contributed by atoms with Gasteiger partial charge in [-0.05, 0) is 31.2 Å². The van der Waals surface area contributed by atoms with Crippen LogP contribution in [0.4, 0.5) is 4.39 Å². The number of hydrogen-bond acceptors (Lipinski definition) is 3. The van der Waals surface area contributed by atoms with Crippen molar-refractivity contribution in [3.63, 3.8) is 0 Å². The van der Waals surface area contributed by atoms with Crippen LogP contribution in [0.15, 0.2) is 24.3 Å². The third kappa shape index (κ3) is 3.77. The number of hydrogen-bond donors (Lipinski definition) is 1. The maximum absolute atomic E-state index is 12.9. The maximum Gasteiger partial charge on any atom is 0.227 e. The SMILES string of the molecule is CN1CCN(C(=O)C(CN)Cc2ccc(F)cc2)CC1. The van der Waals surface area contributed by atoms with E-state index in [4.69, 9.17) is 5.73 Å². The second-order valence-electron chi connectivity index (χ2n) is 5.39. The number of carbonyl (C=O) groups excluding carboxylic acids is 1. The summed E-state index contributed by atoms with van der Waals surface area (Å²) in [6.07, 6.45) is 0.571. The molecule has 1 aliphatic heterocycles. The lowest BCUT2D eigenvalue weighted by Gasteiger charge is -2.34. The zero-order valence-corrected chi connectivity index (χ0v) is 11.9. The molecule has 0 radical (unpaired) electrons. The molecule has 1 fully saturated rings. The summed E-state index contributed by atoms with van der Waals surface area (Å²) in [5, 5.41) is 0. The van der Waals surface area contributed by atoms with E-state index in [0.717, 1.165) is 31.7 Å². The number of rotatable bonds is 4. The van der Waals surface area contributed by atoms with Gasteiger partial charge >= 0.3 is 0 Å². The minimum absolute atomic E-state index is 0.116. The predicted octanol–water partition coefficient (Wildman–Crippen LogP) is 0.717. The molecular weight excluding hydrogens is 257 g/mol. The molecule has 2 rings (SSSR count). The van der Waals surface area contributed by atoms with Crippen LogP contribution >= 0.6 is 0 Å². The Morgan fingerprint density at radius 3 is 2.40 bits per heavy atom. The maximum atomic E-state index is 12.9. The second kappa shape index (κ2) is 6.81. The molecule has 110 valence electrons. The van der Waals surface area contributed by atoms with E-state index in [2.05, 4.69) is 11.9 Å². The van der Waals surface area contributed by atoms with Gasteiger partial charge in [-0.2, -0.15) is 0 Å². The van der Waals surface area contributed by atoms with Crippen LogP contribution < -0.4 is 5.73 Å². The minimum Gasteiger partial charge on any atom is -0.340 e. The van der Waals surface area contributed by atoms with Crippen molar-refractivity contribution < 1.29 is 9.18 Å². The van der Waals surface area contributed by atoms with Crippen LogP contribution in [-0.2, 0) is 11.2 Å². The van der Waals surface area contributed by atoms with Crippen molar-refractivity contribution in [1.29, 1.82) is 0 Å². The van der Waals surface area contributed by atoms with Gasteiger partial charge in [0.25, 0.3) is 0 Å². The molecule has 1 aromatic rings. The fourth-order valence-corrected chi connectivity index (χ4v) is 2.46. The van der Waals surface area contributed by atoms with Crippen LogP contribution in [0.5, 0.6) is 0 Å². The van der Waals surface area contributed by atoms with Crippen molar-refractivity contribution in [3.8, 4) is 0 Å². The molecule has 1 aromatic carbocycles. The standard InChI is InChI=1S/C15H22FN3O/c1-18-6-8-19(9-7-18)15(20)13(11-17)10-12-2-4-14(16)5-3-12/h2-5,13H,6-11,17H2,1H3. The van der Waals surface area contributed by atoms with Gasteiger partial charge < -0.3 is 15.5 Å². The smallest absolute Gasteiger partial charge is 0.227 e. The van der Waals surface area contributed by atoms with Gasteiger partial charge in [-0.25, -0.2) is 4.39 Å². The van der Waals surface area contributed by atoms with Crippen LogP contribution in [0.25, 0.3) is 0 Å². The van der Waals surface area contributed by atoms with Crippen LogP contribution in [0.3, 0.4) is 0 Å². The Morgan fingerprint density at radius 2 is 1.85 bits per heavy atom. The lowest BCUT2D eigenvalue weighted by atomic mass is 9.97. The first-order valence-electron chi connectivity index (χ1n) is 7.02. The molecule has 1 unspecified atom stereocenters. The Hall–Kier alpha value is -1.46. The molecule has 2 N–H and O–H groups in total. The molecule has 0 bridgehead atoms. The van der Waals surface area contributed by atoms with Crippen molar-refractivity contribution in [1.82, 2.24) is 9.80 Å². The third-order valence-electron chi connectivity index (χ3n) is 3.84. The Labute approximate surface area is 119 Å². The van der Waals surface area contributed by atoms with Crippen molar-refractivity contribution >= 4 is 5.91 Å². The molecule has 1 atom stereocenters. The lowest BCUT2D eigenvalue weighted by Crippen LogP contribution is -2.50. The molecule has 1 aliphatic rings. The fourth-order valence-electron chi connectivity index (χ4n) is 2.46. The van der Waals surface area contributed by atoms with E-state index >= 15 is 0 Å². The first kappa shape index (κ1) is 14.9. The number of benzene rings is 1. The van der Waals surface area contributed by atoms with Crippen LogP contribution in [0.1, 0.15) is 5.56 Å². The van der Waals surface area contributed by atoms with Crippen molar-refractivity contribution in [2.75, 3.05) is 39.8 Å². The molecule has 4 nitrogen and oxygen atoms in total. The Kier molecular flexibility index (Phi) is 5.09.